The normalized spacial score (nSPS) is 18.2. The molecule has 0 radical (unpaired) electrons. The van der Waals surface area contributed by atoms with E-state index >= 15 is 0 Å². The van der Waals surface area contributed by atoms with Crippen molar-refractivity contribution in [2.45, 2.75) is 19.3 Å². The Morgan fingerprint density at radius 2 is 2.05 bits per heavy atom. The number of nitrogens with two attached hydrogens (primary N) is 1. The maximum absolute atomic E-state index is 12.0. The minimum atomic E-state index is 0. The van der Waals surface area contributed by atoms with Gasteiger partial charge in [0.05, 0.1) is 0 Å². The zero-order chi connectivity index (χ0) is 13.0. The molecule has 1 saturated heterocycles. The lowest BCUT2D eigenvalue weighted by Gasteiger charge is -2.16. The van der Waals surface area contributed by atoms with Crippen molar-refractivity contribution >= 4 is 29.9 Å². The predicted octanol–water partition coefficient (Wildman–Crippen LogP) is 2.50. The summed E-state index contributed by atoms with van der Waals surface area (Å²) >= 11 is 5.82. The van der Waals surface area contributed by atoms with Crippen LogP contribution in [-0.2, 0) is 11.2 Å². The number of rotatable bonds is 4. The first-order valence-electron chi connectivity index (χ1n) is 6.41. The number of hydrogen-bond acceptors (Lipinski definition) is 2. The summed E-state index contributed by atoms with van der Waals surface area (Å²) in [6.45, 7) is 2.37. The Hall–Kier alpha value is -0.770. The summed E-state index contributed by atoms with van der Waals surface area (Å²) in [5.74, 6) is 0.727. The molecule has 1 fully saturated rings. The van der Waals surface area contributed by atoms with Gasteiger partial charge in [-0.2, -0.15) is 0 Å². The molecule has 1 aromatic rings. The minimum absolute atomic E-state index is 0. The predicted molar refractivity (Wildman–Crippen MR) is 80.8 cm³/mol. The number of aryl methyl sites for hydroxylation is 1. The molecule has 19 heavy (non-hydrogen) atoms. The van der Waals surface area contributed by atoms with Crippen LogP contribution in [0, 0.1) is 5.92 Å². The first-order valence-corrected chi connectivity index (χ1v) is 6.79. The van der Waals surface area contributed by atoms with Crippen LogP contribution in [0.1, 0.15) is 18.4 Å². The molecule has 1 aromatic carbocycles. The number of nitrogens with zero attached hydrogens (tertiary/aromatic N) is 1. The molecule has 106 valence electrons. The van der Waals surface area contributed by atoms with Crippen LogP contribution in [0.3, 0.4) is 0 Å². The Labute approximate surface area is 125 Å². The number of carbonyl (C=O) groups excluding carboxylic acids is 1. The van der Waals surface area contributed by atoms with Gasteiger partial charge in [0.25, 0.3) is 0 Å². The quantitative estimate of drug-likeness (QED) is 0.929. The van der Waals surface area contributed by atoms with Crippen molar-refractivity contribution in [2.24, 2.45) is 11.7 Å². The minimum Gasteiger partial charge on any atom is -0.342 e. The SMILES string of the molecule is Cl.NCC1CCN(C(=O)CCc2ccc(Cl)cc2)C1. The smallest absolute Gasteiger partial charge is 0.222 e. The standard InChI is InChI=1S/C14H19ClN2O.ClH/c15-13-4-1-11(2-5-13)3-6-14(18)17-8-7-12(9-16)10-17;/h1-2,4-5,12H,3,6-10,16H2;1H. The highest BCUT2D eigenvalue weighted by Gasteiger charge is 2.24. The number of likely N-dealkylation sites (tertiary alicyclic amines) is 1. The summed E-state index contributed by atoms with van der Waals surface area (Å²) in [5.41, 5.74) is 6.78. The van der Waals surface area contributed by atoms with Gasteiger partial charge in [0.15, 0.2) is 0 Å². The average Bonchev–Trinajstić information content (AvgIpc) is 2.86. The monoisotopic (exact) mass is 302 g/mol. The van der Waals surface area contributed by atoms with Gasteiger partial charge in [0, 0.05) is 24.5 Å². The third kappa shape index (κ3) is 4.68. The first kappa shape index (κ1) is 16.3. The topological polar surface area (TPSA) is 46.3 Å². The van der Waals surface area contributed by atoms with Gasteiger partial charge in [-0.15, -0.1) is 12.4 Å². The largest absolute Gasteiger partial charge is 0.342 e. The molecule has 0 spiro atoms. The zero-order valence-corrected chi connectivity index (χ0v) is 12.4. The molecule has 1 amide bonds. The lowest BCUT2D eigenvalue weighted by atomic mass is 10.1. The van der Waals surface area contributed by atoms with Crippen molar-refractivity contribution in [1.82, 2.24) is 4.90 Å². The molecule has 1 aliphatic rings. The van der Waals surface area contributed by atoms with Gasteiger partial charge < -0.3 is 10.6 Å². The molecule has 3 nitrogen and oxygen atoms in total. The molecule has 1 atom stereocenters. The number of amides is 1. The fourth-order valence-electron chi connectivity index (χ4n) is 2.31. The highest BCUT2D eigenvalue weighted by atomic mass is 35.5. The van der Waals surface area contributed by atoms with Crippen LogP contribution in [0.25, 0.3) is 0 Å². The van der Waals surface area contributed by atoms with E-state index in [4.69, 9.17) is 17.3 Å². The van der Waals surface area contributed by atoms with E-state index in [2.05, 4.69) is 0 Å². The van der Waals surface area contributed by atoms with E-state index in [1.165, 1.54) is 0 Å². The van der Waals surface area contributed by atoms with Crippen LogP contribution in [0.2, 0.25) is 5.02 Å². The van der Waals surface area contributed by atoms with Crippen molar-refractivity contribution in [3.05, 3.63) is 34.9 Å². The number of carbonyl (C=O) groups is 1. The van der Waals surface area contributed by atoms with Gasteiger partial charge in [0.1, 0.15) is 0 Å². The van der Waals surface area contributed by atoms with E-state index < -0.39 is 0 Å². The number of benzene rings is 1. The van der Waals surface area contributed by atoms with Crippen LogP contribution in [0.5, 0.6) is 0 Å². The van der Waals surface area contributed by atoms with Crippen molar-refractivity contribution < 1.29 is 4.79 Å². The van der Waals surface area contributed by atoms with Gasteiger partial charge in [-0.25, -0.2) is 0 Å². The lowest BCUT2D eigenvalue weighted by Crippen LogP contribution is -2.29. The van der Waals surface area contributed by atoms with Gasteiger partial charge in [-0.05, 0) is 43.0 Å². The van der Waals surface area contributed by atoms with E-state index in [1.807, 2.05) is 29.2 Å². The van der Waals surface area contributed by atoms with Crippen molar-refractivity contribution in [1.29, 1.82) is 0 Å². The zero-order valence-electron chi connectivity index (χ0n) is 10.8. The molecule has 2 rings (SSSR count). The van der Waals surface area contributed by atoms with Gasteiger partial charge in [-0.1, -0.05) is 23.7 Å². The fourth-order valence-corrected chi connectivity index (χ4v) is 2.44. The van der Waals surface area contributed by atoms with E-state index in [0.717, 1.165) is 36.5 Å². The Morgan fingerprint density at radius 3 is 2.63 bits per heavy atom. The van der Waals surface area contributed by atoms with Crippen LogP contribution in [-0.4, -0.2) is 30.4 Å². The van der Waals surface area contributed by atoms with Crippen molar-refractivity contribution in [3.63, 3.8) is 0 Å². The maximum atomic E-state index is 12.0. The highest BCUT2D eigenvalue weighted by molar-refractivity contribution is 6.30. The summed E-state index contributed by atoms with van der Waals surface area (Å²) in [6, 6.07) is 7.67. The fraction of sp³-hybridized carbons (Fsp3) is 0.500. The molecule has 1 aliphatic heterocycles. The Morgan fingerprint density at radius 1 is 1.37 bits per heavy atom. The molecule has 0 saturated carbocycles. The highest BCUT2D eigenvalue weighted by Crippen LogP contribution is 2.17. The van der Waals surface area contributed by atoms with E-state index in [-0.39, 0.29) is 18.3 Å². The van der Waals surface area contributed by atoms with E-state index in [9.17, 15) is 4.79 Å². The summed E-state index contributed by atoms with van der Waals surface area (Å²) < 4.78 is 0. The molecule has 0 bridgehead atoms. The summed E-state index contributed by atoms with van der Waals surface area (Å²) in [6.07, 6.45) is 2.39. The third-order valence-electron chi connectivity index (χ3n) is 3.51. The lowest BCUT2D eigenvalue weighted by molar-refractivity contribution is -0.130. The van der Waals surface area contributed by atoms with Crippen LogP contribution in [0.15, 0.2) is 24.3 Å². The molecular formula is C14H20Cl2N2O. The number of hydrogen-bond donors (Lipinski definition) is 1. The molecular weight excluding hydrogens is 283 g/mol. The maximum Gasteiger partial charge on any atom is 0.222 e. The van der Waals surface area contributed by atoms with E-state index in [1.54, 1.807) is 0 Å². The molecule has 1 heterocycles. The van der Waals surface area contributed by atoms with Crippen LogP contribution in [0.4, 0.5) is 0 Å². The number of halogens is 2. The van der Waals surface area contributed by atoms with Gasteiger partial charge >= 0.3 is 0 Å². The molecule has 1 unspecified atom stereocenters. The van der Waals surface area contributed by atoms with Crippen molar-refractivity contribution in [3.8, 4) is 0 Å². The third-order valence-corrected chi connectivity index (χ3v) is 3.76. The summed E-state index contributed by atoms with van der Waals surface area (Å²) in [7, 11) is 0. The van der Waals surface area contributed by atoms with Crippen molar-refractivity contribution in [2.75, 3.05) is 19.6 Å². The Kier molecular flexibility index (Phi) is 6.63. The van der Waals surface area contributed by atoms with E-state index in [0.29, 0.717) is 18.9 Å². The Bertz CT molecular complexity index is 408. The van der Waals surface area contributed by atoms with Gasteiger partial charge in [-0.3, -0.25) is 4.79 Å². The second-order valence-electron chi connectivity index (χ2n) is 4.86. The Balaban J connectivity index is 0.00000180. The molecule has 5 heteroatoms. The summed E-state index contributed by atoms with van der Waals surface area (Å²) in [5, 5.41) is 0.732. The first-order chi connectivity index (χ1) is 8.69. The second-order valence-corrected chi connectivity index (χ2v) is 5.29. The van der Waals surface area contributed by atoms with Crippen LogP contribution < -0.4 is 5.73 Å². The van der Waals surface area contributed by atoms with Gasteiger partial charge in [0.2, 0.25) is 5.91 Å². The molecule has 2 N–H and O–H groups in total. The summed E-state index contributed by atoms with van der Waals surface area (Å²) in [4.78, 5) is 13.9. The molecule has 0 aromatic heterocycles. The average molecular weight is 303 g/mol. The second kappa shape index (κ2) is 7.73. The molecule has 0 aliphatic carbocycles. The van der Waals surface area contributed by atoms with Crippen LogP contribution >= 0.6 is 24.0 Å².